The van der Waals surface area contributed by atoms with Crippen LogP contribution in [-0.2, 0) is 0 Å². The van der Waals surface area contributed by atoms with E-state index in [4.69, 9.17) is 4.74 Å². The van der Waals surface area contributed by atoms with E-state index in [2.05, 4.69) is 24.9 Å². The van der Waals surface area contributed by atoms with E-state index in [-0.39, 0.29) is 0 Å². The Bertz CT molecular complexity index is 477. The lowest BCUT2D eigenvalue weighted by Gasteiger charge is -2.07. The predicted molar refractivity (Wildman–Crippen MR) is 57.8 cm³/mol. The molecule has 1 aromatic carbocycles. The Kier molecular flexibility index (Phi) is 2.12. The Morgan fingerprint density at radius 1 is 1.21 bits per heavy atom. The maximum Gasteiger partial charge on any atom is 0.145 e. The van der Waals surface area contributed by atoms with Gasteiger partial charge in [0.2, 0.25) is 0 Å². The van der Waals surface area contributed by atoms with E-state index in [0.717, 1.165) is 11.3 Å². The summed E-state index contributed by atoms with van der Waals surface area (Å²) in [6, 6.07) is 6.01. The van der Waals surface area contributed by atoms with Crippen molar-refractivity contribution in [1.82, 2.24) is 4.98 Å². The van der Waals surface area contributed by atoms with Crippen LogP contribution in [0.4, 0.5) is 0 Å². The summed E-state index contributed by atoms with van der Waals surface area (Å²) in [5.41, 5.74) is 3.43. The van der Waals surface area contributed by atoms with Gasteiger partial charge in [0.25, 0.3) is 0 Å². The highest BCUT2D eigenvalue weighted by molar-refractivity contribution is 5.87. The highest BCUT2D eigenvalue weighted by atomic mass is 16.5. The average Bonchev–Trinajstić information content (AvgIpc) is 2.23. The van der Waals surface area contributed by atoms with Gasteiger partial charge < -0.3 is 4.74 Å². The topological polar surface area (TPSA) is 22.1 Å². The second-order valence-corrected chi connectivity index (χ2v) is 3.42. The Morgan fingerprint density at radius 3 is 2.71 bits per heavy atom. The maximum absolute atomic E-state index is 5.26. The monoisotopic (exact) mass is 187 g/mol. The molecular formula is C12H13NO. The fourth-order valence-electron chi connectivity index (χ4n) is 1.59. The van der Waals surface area contributed by atoms with Crippen molar-refractivity contribution in [1.29, 1.82) is 0 Å². The summed E-state index contributed by atoms with van der Waals surface area (Å²) in [7, 11) is 1.67. The second-order valence-electron chi connectivity index (χ2n) is 3.42. The Labute approximate surface area is 83.5 Å². The SMILES string of the molecule is COc1cccc2c(C)c(C)cnc12. The number of nitrogens with zero attached hydrogens (tertiary/aromatic N) is 1. The van der Waals surface area contributed by atoms with Crippen molar-refractivity contribution in [3.8, 4) is 5.75 Å². The first-order chi connectivity index (χ1) is 6.74. The third-order valence-corrected chi connectivity index (χ3v) is 2.60. The standard InChI is InChI=1S/C12H13NO/c1-8-7-13-12-10(9(8)2)5-4-6-11(12)14-3/h4-7H,1-3H3. The number of benzene rings is 1. The number of fused-ring (bicyclic) bond motifs is 1. The van der Waals surface area contributed by atoms with Crippen molar-refractivity contribution < 1.29 is 4.74 Å². The molecule has 2 rings (SSSR count). The van der Waals surface area contributed by atoms with Gasteiger partial charge in [-0.3, -0.25) is 4.98 Å². The molecule has 0 spiro atoms. The lowest BCUT2D eigenvalue weighted by Crippen LogP contribution is -1.91. The molecule has 2 aromatic rings. The van der Waals surface area contributed by atoms with E-state index in [1.54, 1.807) is 7.11 Å². The number of hydrogen-bond acceptors (Lipinski definition) is 2. The van der Waals surface area contributed by atoms with Crippen LogP contribution in [0.15, 0.2) is 24.4 Å². The van der Waals surface area contributed by atoms with Crippen molar-refractivity contribution in [2.75, 3.05) is 7.11 Å². The molecular weight excluding hydrogens is 174 g/mol. The zero-order chi connectivity index (χ0) is 10.1. The van der Waals surface area contributed by atoms with Crippen molar-refractivity contribution in [3.05, 3.63) is 35.5 Å². The predicted octanol–water partition coefficient (Wildman–Crippen LogP) is 2.86. The van der Waals surface area contributed by atoms with Crippen LogP contribution in [0, 0.1) is 13.8 Å². The van der Waals surface area contributed by atoms with Crippen LogP contribution in [-0.4, -0.2) is 12.1 Å². The fraction of sp³-hybridized carbons (Fsp3) is 0.250. The van der Waals surface area contributed by atoms with Crippen molar-refractivity contribution in [3.63, 3.8) is 0 Å². The van der Waals surface area contributed by atoms with Crippen molar-refractivity contribution in [2.45, 2.75) is 13.8 Å². The van der Waals surface area contributed by atoms with E-state index < -0.39 is 0 Å². The van der Waals surface area contributed by atoms with Gasteiger partial charge >= 0.3 is 0 Å². The average molecular weight is 187 g/mol. The highest BCUT2D eigenvalue weighted by Crippen LogP contribution is 2.26. The van der Waals surface area contributed by atoms with E-state index in [1.807, 2.05) is 18.3 Å². The van der Waals surface area contributed by atoms with Crippen LogP contribution in [0.3, 0.4) is 0 Å². The van der Waals surface area contributed by atoms with Crippen LogP contribution in [0.1, 0.15) is 11.1 Å². The first kappa shape index (κ1) is 9.00. The van der Waals surface area contributed by atoms with Gasteiger partial charge in [0, 0.05) is 11.6 Å². The molecule has 0 saturated heterocycles. The molecule has 0 radical (unpaired) electrons. The number of hydrogen-bond donors (Lipinski definition) is 0. The molecule has 1 aromatic heterocycles. The van der Waals surface area contributed by atoms with Gasteiger partial charge in [0.15, 0.2) is 0 Å². The molecule has 0 aliphatic carbocycles. The van der Waals surface area contributed by atoms with Crippen molar-refractivity contribution >= 4 is 10.9 Å². The minimum atomic E-state index is 0.839. The van der Waals surface area contributed by atoms with Gasteiger partial charge in [-0.05, 0) is 31.0 Å². The molecule has 0 amide bonds. The third kappa shape index (κ3) is 1.23. The number of methoxy groups -OCH3 is 1. The maximum atomic E-state index is 5.26. The molecule has 72 valence electrons. The molecule has 0 saturated carbocycles. The van der Waals surface area contributed by atoms with Gasteiger partial charge in [0.1, 0.15) is 11.3 Å². The zero-order valence-electron chi connectivity index (χ0n) is 8.66. The molecule has 0 atom stereocenters. The summed E-state index contributed by atoms with van der Waals surface area (Å²) in [5, 5.41) is 1.17. The first-order valence-corrected chi connectivity index (χ1v) is 4.63. The van der Waals surface area contributed by atoms with Crippen LogP contribution >= 0.6 is 0 Å². The molecule has 0 bridgehead atoms. The summed E-state index contributed by atoms with van der Waals surface area (Å²) in [6.07, 6.45) is 1.89. The van der Waals surface area contributed by atoms with Crippen LogP contribution in [0.25, 0.3) is 10.9 Å². The van der Waals surface area contributed by atoms with Gasteiger partial charge in [-0.1, -0.05) is 12.1 Å². The smallest absolute Gasteiger partial charge is 0.145 e. The van der Waals surface area contributed by atoms with E-state index in [0.29, 0.717) is 0 Å². The van der Waals surface area contributed by atoms with Crippen LogP contribution < -0.4 is 4.74 Å². The number of ether oxygens (including phenoxy) is 1. The number of para-hydroxylation sites is 1. The normalized spacial score (nSPS) is 10.5. The molecule has 14 heavy (non-hydrogen) atoms. The molecule has 2 nitrogen and oxygen atoms in total. The van der Waals surface area contributed by atoms with Crippen LogP contribution in [0.5, 0.6) is 5.75 Å². The lowest BCUT2D eigenvalue weighted by atomic mass is 10.1. The lowest BCUT2D eigenvalue weighted by molar-refractivity contribution is 0.419. The molecule has 0 aliphatic heterocycles. The fourth-order valence-corrected chi connectivity index (χ4v) is 1.59. The van der Waals surface area contributed by atoms with Gasteiger partial charge in [-0.25, -0.2) is 0 Å². The zero-order valence-corrected chi connectivity index (χ0v) is 8.66. The van der Waals surface area contributed by atoms with E-state index in [1.165, 1.54) is 16.5 Å². The number of aryl methyl sites for hydroxylation is 2. The molecule has 1 heterocycles. The van der Waals surface area contributed by atoms with Crippen molar-refractivity contribution in [2.24, 2.45) is 0 Å². The molecule has 0 aliphatic rings. The Balaban J connectivity index is 2.86. The Morgan fingerprint density at radius 2 is 2.00 bits per heavy atom. The summed E-state index contributed by atoms with van der Waals surface area (Å²) < 4.78 is 5.26. The van der Waals surface area contributed by atoms with Gasteiger partial charge in [-0.2, -0.15) is 0 Å². The quantitative estimate of drug-likeness (QED) is 0.684. The molecule has 0 N–H and O–H groups in total. The number of pyridine rings is 1. The van der Waals surface area contributed by atoms with Gasteiger partial charge in [-0.15, -0.1) is 0 Å². The molecule has 0 fully saturated rings. The van der Waals surface area contributed by atoms with E-state index >= 15 is 0 Å². The molecule has 2 heteroatoms. The van der Waals surface area contributed by atoms with E-state index in [9.17, 15) is 0 Å². The summed E-state index contributed by atoms with van der Waals surface area (Å²) in [4.78, 5) is 4.39. The van der Waals surface area contributed by atoms with Gasteiger partial charge in [0.05, 0.1) is 7.11 Å². The summed E-state index contributed by atoms with van der Waals surface area (Å²) in [6.45, 7) is 4.18. The summed E-state index contributed by atoms with van der Waals surface area (Å²) >= 11 is 0. The molecule has 0 unspecified atom stereocenters. The minimum absolute atomic E-state index is 0.839. The second kappa shape index (κ2) is 3.29. The number of rotatable bonds is 1. The Hall–Kier alpha value is -1.57. The number of aromatic nitrogens is 1. The third-order valence-electron chi connectivity index (χ3n) is 2.60. The minimum Gasteiger partial charge on any atom is -0.494 e. The largest absolute Gasteiger partial charge is 0.494 e. The first-order valence-electron chi connectivity index (χ1n) is 4.63. The van der Waals surface area contributed by atoms with Crippen LogP contribution in [0.2, 0.25) is 0 Å². The summed E-state index contributed by atoms with van der Waals surface area (Å²) in [5.74, 6) is 0.839. The highest BCUT2D eigenvalue weighted by Gasteiger charge is 2.05.